The zero-order chi connectivity index (χ0) is 31.4. The van der Waals surface area contributed by atoms with Gasteiger partial charge in [0.05, 0.1) is 13.2 Å². The zero-order valence-electron chi connectivity index (χ0n) is 26.0. The first-order valence-electron chi connectivity index (χ1n) is 14.6. The monoisotopic (exact) mass is 582 g/mol. The topological polar surface area (TPSA) is 82.1 Å². The second-order valence-electron chi connectivity index (χ2n) is 12.9. The van der Waals surface area contributed by atoms with E-state index in [4.69, 9.17) is 14.2 Å². The maximum atomic E-state index is 14.2. The van der Waals surface area contributed by atoms with Crippen molar-refractivity contribution in [2.75, 3.05) is 7.11 Å². The smallest absolute Gasteiger partial charge is 0.326 e. The molecule has 0 saturated carbocycles. The van der Waals surface area contributed by atoms with Crippen molar-refractivity contribution >= 4 is 11.9 Å². The first-order valence-corrected chi connectivity index (χ1v) is 14.6. The van der Waals surface area contributed by atoms with Crippen LogP contribution in [-0.2, 0) is 9.59 Å². The molecule has 0 unspecified atom stereocenters. The van der Waals surface area contributed by atoms with E-state index in [2.05, 4.69) is 0 Å². The van der Waals surface area contributed by atoms with E-state index in [-0.39, 0.29) is 0 Å². The molecule has 0 amide bonds. The van der Waals surface area contributed by atoms with Crippen molar-refractivity contribution in [3.63, 3.8) is 0 Å². The molecule has 0 heterocycles. The van der Waals surface area contributed by atoms with Gasteiger partial charge in [0.1, 0.15) is 17.2 Å². The molecule has 0 fully saturated rings. The molecule has 0 spiro atoms. The molecule has 3 aromatic carbocycles. The van der Waals surface area contributed by atoms with Crippen molar-refractivity contribution in [1.82, 2.24) is 0 Å². The minimum atomic E-state index is -1.38. The Balaban J connectivity index is 1.96. The molecular weight excluding hydrogens is 540 g/mol. The number of rotatable bonds is 8. The molecule has 1 N–H and O–H groups in total. The Morgan fingerprint density at radius 1 is 0.674 bits per heavy atom. The van der Waals surface area contributed by atoms with Crippen LogP contribution in [-0.4, -0.2) is 30.3 Å². The van der Waals surface area contributed by atoms with E-state index in [0.29, 0.717) is 22.8 Å². The summed E-state index contributed by atoms with van der Waals surface area (Å²) in [5.41, 5.74) is 1.50. The van der Waals surface area contributed by atoms with Crippen LogP contribution in [0.25, 0.3) is 0 Å². The zero-order valence-corrected chi connectivity index (χ0v) is 26.0. The first kappa shape index (κ1) is 31.8. The van der Waals surface area contributed by atoms with Gasteiger partial charge in [0.15, 0.2) is 5.92 Å². The normalized spacial score (nSPS) is 17.9. The molecular formula is C37H42O6. The summed E-state index contributed by atoms with van der Waals surface area (Å²) >= 11 is 0. The number of aliphatic hydroxyl groups excluding tert-OH is 1. The van der Waals surface area contributed by atoms with Crippen LogP contribution in [0.15, 0.2) is 108 Å². The molecule has 0 saturated heterocycles. The number of ether oxygens (including phenoxy) is 3. The van der Waals surface area contributed by atoms with Crippen LogP contribution in [0.4, 0.5) is 0 Å². The van der Waals surface area contributed by atoms with Gasteiger partial charge in [-0.15, -0.1) is 0 Å². The van der Waals surface area contributed by atoms with Crippen molar-refractivity contribution < 1.29 is 28.9 Å². The lowest BCUT2D eigenvalue weighted by Gasteiger charge is -2.41. The minimum Gasteiger partial charge on any atom is -0.496 e. The predicted octanol–water partition coefficient (Wildman–Crippen LogP) is 7.54. The van der Waals surface area contributed by atoms with Crippen LogP contribution < -0.4 is 14.2 Å². The van der Waals surface area contributed by atoms with Crippen LogP contribution in [0.5, 0.6) is 17.2 Å². The number of esters is 2. The van der Waals surface area contributed by atoms with Crippen LogP contribution in [0.2, 0.25) is 0 Å². The number of para-hydroxylation sites is 3. The molecule has 0 aromatic heterocycles. The predicted molar refractivity (Wildman–Crippen MR) is 168 cm³/mol. The number of carbonyl (C=O) groups excluding carboxylic acids is 2. The molecule has 0 radical (unpaired) electrons. The lowest BCUT2D eigenvalue weighted by Crippen LogP contribution is -2.41. The highest BCUT2D eigenvalue weighted by atomic mass is 16.6. The number of hydrogen-bond acceptors (Lipinski definition) is 6. The van der Waals surface area contributed by atoms with E-state index in [1.807, 2.05) is 90.1 Å². The summed E-state index contributed by atoms with van der Waals surface area (Å²) in [6.07, 6.45) is 3.19. The number of hydrogen-bond donors (Lipinski definition) is 1. The highest BCUT2D eigenvalue weighted by Gasteiger charge is 2.46. The lowest BCUT2D eigenvalue weighted by molar-refractivity contribution is -0.152. The molecule has 226 valence electrons. The maximum absolute atomic E-state index is 14.2. The number of carbonyl (C=O) groups is 2. The summed E-state index contributed by atoms with van der Waals surface area (Å²) in [6.45, 7) is 12.3. The third-order valence-electron chi connectivity index (χ3n) is 7.77. The lowest BCUT2D eigenvalue weighted by atomic mass is 9.65. The van der Waals surface area contributed by atoms with Crippen molar-refractivity contribution in [1.29, 1.82) is 0 Å². The fraction of sp³-hybridized carbons (Fsp3) is 0.351. The highest BCUT2D eigenvalue weighted by molar-refractivity contribution is 5.98. The molecule has 6 nitrogen and oxygen atoms in total. The van der Waals surface area contributed by atoms with Gasteiger partial charge >= 0.3 is 11.9 Å². The molecule has 1 atom stereocenters. The summed E-state index contributed by atoms with van der Waals surface area (Å²) in [5.74, 6) is -2.98. The van der Waals surface area contributed by atoms with Gasteiger partial charge in [0.25, 0.3) is 0 Å². The Morgan fingerprint density at radius 2 is 1.09 bits per heavy atom. The Hall–Kier alpha value is -4.16. The molecule has 1 aliphatic rings. The summed E-state index contributed by atoms with van der Waals surface area (Å²) in [7, 11) is 1.56. The SMILES string of the molecule is COc1ccccc1[C@H](C1C=C(C(C)(C)C)C(O)C(C(C)(C)C)=C1)C(C(=O)Oc1ccccc1)C(=O)Oc1ccccc1. The standard InChI is InChI=1S/C37H42O6/c1-36(2,3)28-22-24(23-29(33(28)38)37(4,5)6)31(27-20-14-15-21-30(27)41-7)32(34(39)42-25-16-10-8-11-17-25)35(40)43-26-18-12-9-13-19-26/h8-24,31-33,38H,1-7H3/t24?,31-,33?/m0/s1. The molecule has 1 aliphatic carbocycles. The van der Waals surface area contributed by atoms with E-state index < -0.39 is 46.6 Å². The van der Waals surface area contributed by atoms with Crippen LogP contribution in [0.1, 0.15) is 53.0 Å². The van der Waals surface area contributed by atoms with E-state index in [0.717, 1.165) is 11.1 Å². The minimum absolute atomic E-state index is 0.319. The van der Waals surface area contributed by atoms with E-state index in [1.165, 1.54) is 0 Å². The van der Waals surface area contributed by atoms with Gasteiger partial charge in [-0.25, -0.2) is 0 Å². The van der Waals surface area contributed by atoms with Gasteiger partial charge in [0.2, 0.25) is 0 Å². The Morgan fingerprint density at radius 3 is 1.51 bits per heavy atom. The molecule has 4 rings (SSSR count). The summed E-state index contributed by atoms with van der Waals surface area (Å²) in [6, 6.07) is 24.7. The van der Waals surface area contributed by atoms with Crippen LogP contribution in [0.3, 0.4) is 0 Å². The maximum Gasteiger partial charge on any atom is 0.326 e. The third kappa shape index (κ3) is 7.44. The van der Waals surface area contributed by atoms with Gasteiger partial charge in [-0.1, -0.05) is 108 Å². The van der Waals surface area contributed by atoms with Crippen molar-refractivity contribution in [2.24, 2.45) is 22.7 Å². The van der Waals surface area contributed by atoms with Gasteiger partial charge < -0.3 is 19.3 Å². The van der Waals surface area contributed by atoms with Crippen molar-refractivity contribution in [3.8, 4) is 17.2 Å². The summed E-state index contributed by atoms with van der Waals surface area (Å²) in [5, 5.41) is 11.6. The van der Waals surface area contributed by atoms with E-state index in [9.17, 15) is 14.7 Å². The Labute approximate surface area is 255 Å². The van der Waals surface area contributed by atoms with E-state index in [1.54, 1.807) is 55.6 Å². The summed E-state index contributed by atoms with van der Waals surface area (Å²) < 4.78 is 17.5. The molecule has 43 heavy (non-hydrogen) atoms. The van der Waals surface area contributed by atoms with Gasteiger partial charge in [-0.3, -0.25) is 9.59 Å². The quantitative estimate of drug-likeness (QED) is 0.128. The Kier molecular flexibility index (Phi) is 9.61. The van der Waals surface area contributed by atoms with Crippen molar-refractivity contribution in [2.45, 2.75) is 53.6 Å². The molecule has 0 bridgehead atoms. The largest absolute Gasteiger partial charge is 0.496 e. The average molecular weight is 583 g/mol. The number of methoxy groups -OCH3 is 1. The van der Waals surface area contributed by atoms with Crippen LogP contribution >= 0.6 is 0 Å². The fourth-order valence-corrected chi connectivity index (χ4v) is 5.62. The average Bonchev–Trinajstić information content (AvgIpc) is 2.96. The number of allylic oxidation sites excluding steroid dienone is 2. The third-order valence-corrected chi connectivity index (χ3v) is 7.77. The van der Waals surface area contributed by atoms with Crippen LogP contribution in [0, 0.1) is 22.7 Å². The molecule has 6 heteroatoms. The molecule has 0 aliphatic heterocycles. The van der Waals surface area contributed by atoms with E-state index >= 15 is 0 Å². The highest BCUT2D eigenvalue weighted by Crippen LogP contribution is 2.48. The molecule has 3 aromatic rings. The van der Waals surface area contributed by atoms with Gasteiger partial charge in [-0.2, -0.15) is 0 Å². The van der Waals surface area contributed by atoms with Gasteiger partial charge in [0, 0.05) is 11.8 Å². The second kappa shape index (κ2) is 13.0. The fourth-order valence-electron chi connectivity index (χ4n) is 5.62. The summed E-state index contributed by atoms with van der Waals surface area (Å²) in [4.78, 5) is 28.3. The number of aliphatic hydroxyl groups is 1. The van der Waals surface area contributed by atoms with Crippen molar-refractivity contribution in [3.05, 3.63) is 114 Å². The second-order valence-corrected chi connectivity index (χ2v) is 12.9. The Bertz CT molecular complexity index is 1390. The number of benzene rings is 3. The van der Waals surface area contributed by atoms with Gasteiger partial charge in [-0.05, 0) is 57.9 Å². The first-order chi connectivity index (χ1) is 20.3.